The van der Waals surface area contributed by atoms with Gasteiger partial charge in [-0.3, -0.25) is 9.36 Å². The third kappa shape index (κ3) is 3.41. The van der Waals surface area contributed by atoms with Crippen molar-refractivity contribution in [3.8, 4) is 22.8 Å². The first-order valence-electron chi connectivity index (χ1n) is 7.19. The van der Waals surface area contributed by atoms with E-state index in [9.17, 15) is 4.79 Å². The third-order valence-corrected chi connectivity index (χ3v) is 4.22. The van der Waals surface area contributed by atoms with E-state index >= 15 is 0 Å². The van der Waals surface area contributed by atoms with Crippen molar-refractivity contribution in [2.75, 3.05) is 12.9 Å². The number of carboxylic acid groups (broad SMARTS) is 1. The Kier molecular flexibility index (Phi) is 4.81. The van der Waals surface area contributed by atoms with Gasteiger partial charge in [0.15, 0.2) is 11.0 Å². The highest BCUT2D eigenvalue weighted by Crippen LogP contribution is 2.29. The number of hydrogen-bond donors (Lipinski definition) is 1. The van der Waals surface area contributed by atoms with Crippen molar-refractivity contribution < 1.29 is 14.6 Å². The lowest BCUT2D eigenvalue weighted by molar-refractivity contribution is -0.133. The zero-order valence-corrected chi connectivity index (χ0v) is 13.7. The summed E-state index contributed by atoms with van der Waals surface area (Å²) in [6, 6.07) is 17.1. The molecule has 0 aliphatic rings. The van der Waals surface area contributed by atoms with Crippen molar-refractivity contribution in [1.29, 1.82) is 0 Å². The van der Waals surface area contributed by atoms with Gasteiger partial charge in [0.2, 0.25) is 0 Å². The van der Waals surface area contributed by atoms with Crippen LogP contribution in [0.1, 0.15) is 0 Å². The molecule has 1 heterocycles. The van der Waals surface area contributed by atoms with Crippen LogP contribution in [0.4, 0.5) is 0 Å². The number of nitrogens with zero attached hydrogens (tertiary/aromatic N) is 3. The van der Waals surface area contributed by atoms with Crippen LogP contribution < -0.4 is 4.74 Å². The summed E-state index contributed by atoms with van der Waals surface area (Å²) in [6.07, 6.45) is 0. The Morgan fingerprint density at radius 1 is 1.17 bits per heavy atom. The minimum atomic E-state index is -0.901. The molecule has 0 spiro atoms. The predicted molar refractivity (Wildman–Crippen MR) is 91.7 cm³/mol. The SMILES string of the molecule is COc1cccc(-n2c(SCC(=O)O)nnc2-c2ccccc2)c1. The number of aliphatic carboxylic acids is 1. The lowest BCUT2D eigenvalue weighted by Gasteiger charge is -2.11. The van der Waals surface area contributed by atoms with Gasteiger partial charge in [-0.05, 0) is 12.1 Å². The molecule has 0 amide bonds. The summed E-state index contributed by atoms with van der Waals surface area (Å²) in [7, 11) is 1.60. The Bertz CT molecular complexity index is 849. The Hall–Kier alpha value is -2.80. The van der Waals surface area contributed by atoms with E-state index in [2.05, 4.69) is 10.2 Å². The van der Waals surface area contributed by atoms with Crippen molar-refractivity contribution in [1.82, 2.24) is 14.8 Å². The molecule has 24 heavy (non-hydrogen) atoms. The molecule has 1 N–H and O–H groups in total. The second-order valence-electron chi connectivity index (χ2n) is 4.89. The fourth-order valence-corrected chi connectivity index (χ4v) is 2.92. The molecule has 3 aromatic rings. The van der Waals surface area contributed by atoms with Gasteiger partial charge in [0, 0.05) is 11.6 Å². The highest BCUT2D eigenvalue weighted by atomic mass is 32.2. The molecule has 0 radical (unpaired) electrons. The van der Waals surface area contributed by atoms with E-state index in [0.717, 1.165) is 23.0 Å². The molecule has 2 aromatic carbocycles. The molecule has 0 fully saturated rings. The molecular weight excluding hydrogens is 326 g/mol. The van der Waals surface area contributed by atoms with Gasteiger partial charge < -0.3 is 9.84 Å². The number of benzene rings is 2. The number of rotatable bonds is 6. The fourth-order valence-electron chi connectivity index (χ4n) is 2.25. The van der Waals surface area contributed by atoms with E-state index in [1.54, 1.807) is 7.11 Å². The minimum Gasteiger partial charge on any atom is -0.497 e. The molecule has 0 saturated heterocycles. The van der Waals surface area contributed by atoms with Gasteiger partial charge >= 0.3 is 5.97 Å². The quantitative estimate of drug-likeness (QED) is 0.694. The first-order valence-corrected chi connectivity index (χ1v) is 8.17. The molecule has 3 rings (SSSR count). The van der Waals surface area contributed by atoms with Crippen LogP contribution in [-0.2, 0) is 4.79 Å². The molecule has 1 aromatic heterocycles. The predicted octanol–water partition coefficient (Wildman–Crippen LogP) is 3.12. The number of carboxylic acids is 1. The van der Waals surface area contributed by atoms with Crippen molar-refractivity contribution in [3.05, 3.63) is 54.6 Å². The lowest BCUT2D eigenvalue weighted by atomic mass is 10.2. The summed E-state index contributed by atoms with van der Waals surface area (Å²) in [5.41, 5.74) is 1.71. The van der Waals surface area contributed by atoms with Crippen LogP contribution in [0, 0.1) is 0 Å². The maximum absolute atomic E-state index is 10.9. The first kappa shape index (κ1) is 16.1. The highest BCUT2D eigenvalue weighted by molar-refractivity contribution is 7.99. The van der Waals surface area contributed by atoms with Crippen LogP contribution in [-0.4, -0.2) is 38.7 Å². The zero-order chi connectivity index (χ0) is 16.9. The van der Waals surface area contributed by atoms with Gasteiger partial charge in [-0.2, -0.15) is 0 Å². The molecule has 0 saturated carbocycles. The second-order valence-corrected chi connectivity index (χ2v) is 5.83. The topological polar surface area (TPSA) is 77.2 Å². The van der Waals surface area contributed by atoms with E-state index in [1.165, 1.54) is 0 Å². The number of thioether (sulfide) groups is 1. The first-order chi connectivity index (χ1) is 11.7. The number of ether oxygens (including phenoxy) is 1. The van der Waals surface area contributed by atoms with Crippen molar-refractivity contribution >= 4 is 17.7 Å². The summed E-state index contributed by atoms with van der Waals surface area (Å²) in [4.78, 5) is 10.9. The minimum absolute atomic E-state index is 0.0864. The smallest absolute Gasteiger partial charge is 0.313 e. The van der Waals surface area contributed by atoms with Gasteiger partial charge in [0.05, 0.1) is 18.6 Å². The number of hydrogen-bond acceptors (Lipinski definition) is 5. The summed E-state index contributed by atoms with van der Waals surface area (Å²) in [5, 5.41) is 17.9. The van der Waals surface area contributed by atoms with E-state index in [4.69, 9.17) is 9.84 Å². The van der Waals surface area contributed by atoms with Crippen molar-refractivity contribution in [2.24, 2.45) is 0 Å². The van der Waals surface area contributed by atoms with Gasteiger partial charge in [-0.15, -0.1) is 10.2 Å². The van der Waals surface area contributed by atoms with Crippen LogP contribution in [0.25, 0.3) is 17.1 Å². The van der Waals surface area contributed by atoms with Gasteiger partial charge in [-0.1, -0.05) is 48.2 Å². The standard InChI is InChI=1S/C17H15N3O3S/c1-23-14-9-5-8-13(10-14)20-16(12-6-3-2-4-7-12)18-19-17(20)24-11-15(21)22/h2-10H,11H2,1H3,(H,21,22). The lowest BCUT2D eigenvalue weighted by Crippen LogP contribution is -2.03. The molecule has 0 atom stereocenters. The average Bonchev–Trinajstić information content (AvgIpc) is 3.04. The Morgan fingerprint density at radius 2 is 1.96 bits per heavy atom. The highest BCUT2D eigenvalue weighted by Gasteiger charge is 2.17. The van der Waals surface area contributed by atoms with Gasteiger partial charge in [0.25, 0.3) is 0 Å². The van der Waals surface area contributed by atoms with Gasteiger partial charge in [-0.25, -0.2) is 0 Å². The zero-order valence-electron chi connectivity index (χ0n) is 12.9. The fraction of sp³-hybridized carbons (Fsp3) is 0.118. The summed E-state index contributed by atoms with van der Waals surface area (Å²) < 4.78 is 7.12. The molecule has 0 aliphatic heterocycles. The number of carbonyl (C=O) groups is 1. The molecule has 0 unspecified atom stereocenters. The Morgan fingerprint density at radius 3 is 2.67 bits per heavy atom. The largest absolute Gasteiger partial charge is 0.497 e. The molecule has 0 bridgehead atoms. The van der Waals surface area contributed by atoms with Crippen LogP contribution >= 0.6 is 11.8 Å². The second kappa shape index (κ2) is 7.18. The number of aromatic nitrogens is 3. The Labute approximate surface area is 143 Å². The van der Waals surface area contributed by atoms with Crippen LogP contribution in [0.15, 0.2) is 59.8 Å². The van der Waals surface area contributed by atoms with Crippen molar-refractivity contribution in [2.45, 2.75) is 5.16 Å². The summed E-state index contributed by atoms with van der Waals surface area (Å²) >= 11 is 1.13. The van der Waals surface area contributed by atoms with Gasteiger partial charge in [0.1, 0.15) is 5.75 Å². The molecule has 122 valence electrons. The van der Waals surface area contributed by atoms with E-state index < -0.39 is 5.97 Å². The maximum Gasteiger partial charge on any atom is 0.313 e. The van der Waals surface area contributed by atoms with E-state index in [0.29, 0.717) is 16.7 Å². The average molecular weight is 341 g/mol. The molecule has 7 heteroatoms. The molecular formula is C17H15N3O3S. The monoisotopic (exact) mass is 341 g/mol. The van der Waals surface area contributed by atoms with Crippen LogP contribution in [0.5, 0.6) is 5.75 Å². The van der Waals surface area contributed by atoms with Crippen LogP contribution in [0.2, 0.25) is 0 Å². The van der Waals surface area contributed by atoms with E-state index in [-0.39, 0.29) is 5.75 Å². The summed E-state index contributed by atoms with van der Waals surface area (Å²) in [5.74, 6) is 0.365. The van der Waals surface area contributed by atoms with Crippen LogP contribution in [0.3, 0.4) is 0 Å². The maximum atomic E-state index is 10.9. The molecule has 6 nitrogen and oxygen atoms in total. The third-order valence-electron chi connectivity index (χ3n) is 3.30. The summed E-state index contributed by atoms with van der Waals surface area (Å²) in [6.45, 7) is 0. The normalized spacial score (nSPS) is 10.5. The van der Waals surface area contributed by atoms with Crippen molar-refractivity contribution in [3.63, 3.8) is 0 Å². The molecule has 0 aliphatic carbocycles. The number of methoxy groups -OCH3 is 1. The van der Waals surface area contributed by atoms with E-state index in [1.807, 2.05) is 59.2 Å². The Balaban J connectivity index is 2.11.